The van der Waals surface area contributed by atoms with Crippen molar-refractivity contribution >= 4 is 0 Å². The number of benzene rings is 1. The number of aryl methyl sites for hydroxylation is 1. The normalized spacial score (nSPS) is 12.4. The molecule has 0 saturated carbocycles. The number of hydrogen-bond acceptors (Lipinski definition) is 3. The molecule has 0 aliphatic carbocycles. The second-order valence-corrected chi connectivity index (χ2v) is 4.23. The Labute approximate surface area is 104 Å². The summed E-state index contributed by atoms with van der Waals surface area (Å²) in [5.74, 6) is 0.921. The molecule has 0 radical (unpaired) electrons. The molecule has 3 heteroatoms. The van der Waals surface area contributed by atoms with E-state index in [1.807, 2.05) is 18.2 Å². The van der Waals surface area contributed by atoms with Gasteiger partial charge in [0.2, 0.25) is 0 Å². The highest BCUT2D eigenvalue weighted by molar-refractivity contribution is 5.27. The first-order chi connectivity index (χ1) is 8.26. The van der Waals surface area contributed by atoms with E-state index in [1.54, 1.807) is 7.11 Å². The molecule has 0 aromatic heterocycles. The van der Waals surface area contributed by atoms with Crippen molar-refractivity contribution in [3.8, 4) is 5.75 Å². The van der Waals surface area contributed by atoms with Gasteiger partial charge in [0.1, 0.15) is 12.4 Å². The van der Waals surface area contributed by atoms with Crippen molar-refractivity contribution in [2.24, 2.45) is 0 Å². The van der Waals surface area contributed by atoms with Crippen LogP contribution in [0.25, 0.3) is 0 Å². The minimum Gasteiger partial charge on any atom is -0.492 e. The van der Waals surface area contributed by atoms with Gasteiger partial charge in [-0.3, -0.25) is 0 Å². The van der Waals surface area contributed by atoms with E-state index in [2.05, 4.69) is 25.2 Å². The zero-order valence-electron chi connectivity index (χ0n) is 11.0. The number of rotatable bonds is 8. The lowest BCUT2D eigenvalue weighted by Gasteiger charge is -2.18. The molecule has 0 amide bonds. The van der Waals surface area contributed by atoms with E-state index in [1.165, 1.54) is 5.56 Å². The molecule has 1 aromatic carbocycles. The van der Waals surface area contributed by atoms with Crippen molar-refractivity contribution in [1.82, 2.24) is 5.32 Å². The van der Waals surface area contributed by atoms with Gasteiger partial charge in [0.05, 0.1) is 12.6 Å². The van der Waals surface area contributed by atoms with Crippen LogP contribution in [0, 0.1) is 6.92 Å². The van der Waals surface area contributed by atoms with E-state index in [4.69, 9.17) is 9.47 Å². The number of ether oxygens (including phenoxy) is 2. The van der Waals surface area contributed by atoms with Crippen LogP contribution in [0.4, 0.5) is 0 Å². The van der Waals surface area contributed by atoms with E-state index < -0.39 is 0 Å². The summed E-state index contributed by atoms with van der Waals surface area (Å²) in [4.78, 5) is 0. The molecule has 0 aliphatic rings. The first-order valence-corrected chi connectivity index (χ1v) is 6.18. The topological polar surface area (TPSA) is 30.5 Å². The summed E-state index contributed by atoms with van der Waals surface area (Å²) in [6, 6.07) is 8.35. The van der Waals surface area contributed by atoms with Crippen LogP contribution in [0.2, 0.25) is 0 Å². The molecule has 96 valence electrons. The highest BCUT2D eigenvalue weighted by atomic mass is 16.5. The zero-order valence-corrected chi connectivity index (χ0v) is 11.0. The first-order valence-electron chi connectivity index (χ1n) is 6.18. The Kier molecular flexibility index (Phi) is 6.67. The summed E-state index contributed by atoms with van der Waals surface area (Å²) < 4.78 is 10.9. The summed E-state index contributed by atoms with van der Waals surface area (Å²) in [7, 11) is 1.72. The van der Waals surface area contributed by atoms with Crippen LogP contribution in [0.1, 0.15) is 18.9 Å². The van der Waals surface area contributed by atoms with E-state index in [0.717, 1.165) is 18.7 Å². The fraction of sp³-hybridized carbons (Fsp3) is 0.571. The van der Waals surface area contributed by atoms with Crippen molar-refractivity contribution in [3.05, 3.63) is 29.8 Å². The smallest absolute Gasteiger partial charge is 0.119 e. The molecule has 1 aromatic rings. The number of hydrogen-bond donors (Lipinski definition) is 1. The lowest BCUT2D eigenvalue weighted by Crippen LogP contribution is -2.38. The highest BCUT2D eigenvalue weighted by Crippen LogP contribution is 2.12. The van der Waals surface area contributed by atoms with Crippen molar-refractivity contribution in [1.29, 1.82) is 0 Å². The summed E-state index contributed by atoms with van der Waals surface area (Å²) >= 11 is 0. The summed E-state index contributed by atoms with van der Waals surface area (Å²) in [5.41, 5.74) is 1.22. The van der Waals surface area contributed by atoms with Crippen molar-refractivity contribution < 1.29 is 9.47 Å². The average Bonchev–Trinajstić information content (AvgIpc) is 2.33. The molecule has 1 atom stereocenters. The summed E-state index contributed by atoms with van der Waals surface area (Å²) in [5, 5.41) is 3.41. The molecule has 17 heavy (non-hydrogen) atoms. The average molecular weight is 237 g/mol. The summed E-state index contributed by atoms with van der Waals surface area (Å²) in [6.07, 6.45) is 1.12. The number of methoxy groups -OCH3 is 1. The molecular weight excluding hydrogens is 214 g/mol. The molecule has 0 fully saturated rings. The predicted molar refractivity (Wildman–Crippen MR) is 70.6 cm³/mol. The van der Waals surface area contributed by atoms with E-state index in [-0.39, 0.29) is 6.04 Å². The molecule has 0 saturated heterocycles. The van der Waals surface area contributed by atoms with Gasteiger partial charge in [-0.25, -0.2) is 0 Å². The predicted octanol–water partition coefficient (Wildman–Crippen LogP) is 2.39. The Hall–Kier alpha value is -1.06. The van der Waals surface area contributed by atoms with E-state index in [0.29, 0.717) is 13.2 Å². The molecule has 0 heterocycles. The van der Waals surface area contributed by atoms with Gasteiger partial charge in [0, 0.05) is 7.11 Å². The molecule has 0 spiro atoms. The van der Waals surface area contributed by atoms with Crippen LogP contribution in [0.15, 0.2) is 24.3 Å². The van der Waals surface area contributed by atoms with Crippen LogP contribution in [0.3, 0.4) is 0 Å². The Morgan fingerprint density at radius 1 is 1.29 bits per heavy atom. The molecule has 0 bridgehead atoms. The van der Waals surface area contributed by atoms with Crippen LogP contribution in [-0.2, 0) is 4.74 Å². The third-order valence-corrected chi connectivity index (χ3v) is 2.49. The maximum absolute atomic E-state index is 5.76. The van der Waals surface area contributed by atoms with E-state index in [9.17, 15) is 0 Å². The molecule has 0 aliphatic heterocycles. The monoisotopic (exact) mass is 237 g/mol. The van der Waals surface area contributed by atoms with E-state index >= 15 is 0 Å². The maximum Gasteiger partial charge on any atom is 0.119 e. The van der Waals surface area contributed by atoms with Gasteiger partial charge in [-0.1, -0.05) is 19.1 Å². The van der Waals surface area contributed by atoms with Crippen molar-refractivity contribution in [2.45, 2.75) is 26.3 Å². The standard InChI is InChI=1S/C14H23NO2/c1-4-8-15-13(10-16-3)11-17-14-7-5-6-12(2)9-14/h5-7,9,13,15H,4,8,10-11H2,1-3H3. The fourth-order valence-electron chi connectivity index (χ4n) is 1.62. The largest absolute Gasteiger partial charge is 0.492 e. The van der Waals surface area contributed by atoms with Crippen LogP contribution in [-0.4, -0.2) is 32.9 Å². The number of nitrogens with one attached hydrogen (secondary N) is 1. The molecule has 1 unspecified atom stereocenters. The van der Waals surface area contributed by atoms with Crippen molar-refractivity contribution in [2.75, 3.05) is 26.9 Å². The first kappa shape index (κ1) is 14.0. The van der Waals surface area contributed by atoms with Gasteiger partial charge in [-0.15, -0.1) is 0 Å². The van der Waals surface area contributed by atoms with Gasteiger partial charge in [-0.05, 0) is 37.6 Å². The SMILES string of the molecule is CCCNC(COC)COc1cccc(C)c1. The highest BCUT2D eigenvalue weighted by Gasteiger charge is 2.08. The van der Waals surface area contributed by atoms with Crippen LogP contribution in [0.5, 0.6) is 5.75 Å². The third-order valence-electron chi connectivity index (χ3n) is 2.49. The lowest BCUT2D eigenvalue weighted by atomic mass is 10.2. The minimum atomic E-state index is 0.250. The van der Waals surface area contributed by atoms with Crippen molar-refractivity contribution in [3.63, 3.8) is 0 Å². The lowest BCUT2D eigenvalue weighted by molar-refractivity contribution is 0.136. The Morgan fingerprint density at radius 2 is 2.12 bits per heavy atom. The second kappa shape index (κ2) is 8.09. The Morgan fingerprint density at radius 3 is 2.76 bits per heavy atom. The molecule has 1 N–H and O–H groups in total. The third kappa shape index (κ3) is 5.71. The van der Waals surface area contributed by atoms with Gasteiger partial charge >= 0.3 is 0 Å². The molecule has 3 nitrogen and oxygen atoms in total. The van der Waals surface area contributed by atoms with Crippen LogP contribution < -0.4 is 10.1 Å². The van der Waals surface area contributed by atoms with Gasteiger partial charge < -0.3 is 14.8 Å². The Bertz CT molecular complexity index is 315. The minimum absolute atomic E-state index is 0.250. The summed E-state index contributed by atoms with van der Waals surface area (Å²) in [6.45, 7) is 6.52. The van der Waals surface area contributed by atoms with Gasteiger partial charge in [0.25, 0.3) is 0 Å². The maximum atomic E-state index is 5.76. The van der Waals surface area contributed by atoms with Gasteiger partial charge in [-0.2, -0.15) is 0 Å². The molecule has 1 rings (SSSR count). The molecular formula is C14H23NO2. The quantitative estimate of drug-likeness (QED) is 0.753. The van der Waals surface area contributed by atoms with Gasteiger partial charge in [0.15, 0.2) is 0 Å². The van der Waals surface area contributed by atoms with Crippen LogP contribution >= 0.6 is 0 Å². The zero-order chi connectivity index (χ0) is 12.5. The fourth-order valence-corrected chi connectivity index (χ4v) is 1.62. The second-order valence-electron chi connectivity index (χ2n) is 4.23. The Balaban J connectivity index is 2.39.